The number of aliphatic hydroxyl groups is 1. The molecule has 2 rings (SSSR count). The van der Waals surface area contributed by atoms with Crippen LogP contribution in [0.5, 0.6) is 0 Å². The van der Waals surface area contributed by atoms with E-state index in [2.05, 4.69) is 4.98 Å². The van der Waals surface area contributed by atoms with Crippen LogP contribution in [-0.4, -0.2) is 21.7 Å². The first-order chi connectivity index (χ1) is 8.76. The third-order valence-corrected chi connectivity index (χ3v) is 3.29. The van der Waals surface area contributed by atoms with Gasteiger partial charge in [0.05, 0.1) is 12.5 Å². The van der Waals surface area contributed by atoms with Crippen LogP contribution in [0.2, 0.25) is 5.15 Å². The van der Waals surface area contributed by atoms with Gasteiger partial charge in [0.15, 0.2) is 0 Å². The van der Waals surface area contributed by atoms with E-state index >= 15 is 0 Å². The van der Waals surface area contributed by atoms with Gasteiger partial charge in [-0.25, -0.2) is 4.98 Å². The van der Waals surface area contributed by atoms with Gasteiger partial charge < -0.3 is 9.84 Å². The van der Waals surface area contributed by atoms with E-state index in [0.717, 1.165) is 11.1 Å². The number of carbonyl (C=O) groups is 1. The maximum atomic E-state index is 11.8. The van der Waals surface area contributed by atoms with Crippen molar-refractivity contribution in [1.29, 1.82) is 0 Å². The normalized spacial score (nSPS) is 22.2. The van der Waals surface area contributed by atoms with Gasteiger partial charge in [-0.05, 0) is 38.8 Å². The molecule has 2 atom stereocenters. The number of aliphatic hydroxyl groups excluding tert-OH is 1. The molecule has 0 bridgehead atoms. The van der Waals surface area contributed by atoms with Crippen molar-refractivity contribution in [3.8, 4) is 0 Å². The lowest BCUT2D eigenvalue weighted by Crippen LogP contribution is -2.26. The highest BCUT2D eigenvalue weighted by atomic mass is 35.5. The quantitative estimate of drug-likeness (QED) is 0.670. The Morgan fingerprint density at radius 1 is 1.58 bits per heavy atom. The zero-order chi connectivity index (χ0) is 14.2. The van der Waals surface area contributed by atoms with Crippen molar-refractivity contribution in [1.82, 2.24) is 4.98 Å². The Balaban J connectivity index is 2.04. The first-order valence-electron chi connectivity index (χ1n) is 6.30. The van der Waals surface area contributed by atoms with Crippen LogP contribution in [0, 0.1) is 5.92 Å². The fourth-order valence-electron chi connectivity index (χ4n) is 2.35. The van der Waals surface area contributed by atoms with Crippen LogP contribution in [0.4, 0.5) is 0 Å². The minimum atomic E-state index is -0.674. The van der Waals surface area contributed by atoms with Gasteiger partial charge in [-0.3, -0.25) is 4.79 Å². The average molecular weight is 284 g/mol. The highest BCUT2D eigenvalue weighted by molar-refractivity contribution is 6.29. The standard InChI is InChI=1S/C14H18ClNO3/c1-14(2,3)19-12(17)6-9-4-8-5-11(15)16-7-10(8)13(9)18/h5,7,9,13,18H,4,6H2,1-3H3/t9-,13+/m1/s1. The summed E-state index contributed by atoms with van der Waals surface area (Å²) in [6.45, 7) is 5.48. The number of esters is 1. The Morgan fingerprint density at radius 3 is 2.89 bits per heavy atom. The van der Waals surface area contributed by atoms with Gasteiger partial charge >= 0.3 is 5.97 Å². The minimum absolute atomic E-state index is 0.162. The number of aromatic nitrogens is 1. The fourth-order valence-corrected chi connectivity index (χ4v) is 2.53. The summed E-state index contributed by atoms with van der Waals surface area (Å²) < 4.78 is 5.28. The van der Waals surface area contributed by atoms with Crippen LogP contribution >= 0.6 is 11.6 Å². The lowest BCUT2D eigenvalue weighted by atomic mass is 10.00. The zero-order valence-electron chi connectivity index (χ0n) is 11.3. The molecule has 19 heavy (non-hydrogen) atoms. The largest absolute Gasteiger partial charge is 0.460 e. The number of hydrogen-bond acceptors (Lipinski definition) is 4. The number of nitrogens with zero attached hydrogens (tertiary/aromatic N) is 1. The molecule has 1 N–H and O–H groups in total. The minimum Gasteiger partial charge on any atom is -0.460 e. The third-order valence-electron chi connectivity index (χ3n) is 3.09. The predicted molar refractivity (Wildman–Crippen MR) is 71.9 cm³/mol. The number of halogens is 1. The summed E-state index contributed by atoms with van der Waals surface area (Å²) in [5, 5.41) is 10.6. The summed E-state index contributed by atoms with van der Waals surface area (Å²) in [7, 11) is 0. The summed E-state index contributed by atoms with van der Waals surface area (Å²) >= 11 is 5.83. The molecule has 1 aromatic rings. The van der Waals surface area contributed by atoms with Gasteiger partial charge in [-0.2, -0.15) is 0 Å². The second kappa shape index (κ2) is 5.10. The second-order valence-electron chi connectivity index (χ2n) is 5.91. The maximum absolute atomic E-state index is 11.8. The molecule has 1 aliphatic rings. The summed E-state index contributed by atoms with van der Waals surface area (Å²) in [6.07, 6.45) is 1.73. The van der Waals surface area contributed by atoms with Crippen molar-refractivity contribution in [3.05, 3.63) is 28.5 Å². The number of pyridine rings is 1. The Kier molecular flexibility index (Phi) is 3.83. The number of ether oxygens (including phenoxy) is 1. The molecule has 0 aliphatic heterocycles. The Morgan fingerprint density at radius 2 is 2.26 bits per heavy atom. The molecule has 4 nitrogen and oxygen atoms in total. The Labute approximate surface area is 117 Å². The fraction of sp³-hybridized carbons (Fsp3) is 0.571. The van der Waals surface area contributed by atoms with Crippen molar-refractivity contribution < 1.29 is 14.6 Å². The smallest absolute Gasteiger partial charge is 0.306 e. The van der Waals surface area contributed by atoms with Crippen molar-refractivity contribution in [2.24, 2.45) is 5.92 Å². The number of carbonyl (C=O) groups excluding carboxylic acids is 1. The molecule has 0 unspecified atom stereocenters. The van der Waals surface area contributed by atoms with E-state index in [4.69, 9.17) is 16.3 Å². The molecule has 0 amide bonds. The molecule has 0 fully saturated rings. The second-order valence-corrected chi connectivity index (χ2v) is 6.29. The van der Waals surface area contributed by atoms with Crippen LogP contribution in [0.25, 0.3) is 0 Å². The van der Waals surface area contributed by atoms with Crippen LogP contribution in [0.3, 0.4) is 0 Å². The molecule has 0 aromatic carbocycles. The lowest BCUT2D eigenvalue weighted by Gasteiger charge is -2.21. The van der Waals surface area contributed by atoms with Crippen LogP contribution in [0.1, 0.15) is 44.4 Å². The van der Waals surface area contributed by atoms with Gasteiger partial charge in [0.1, 0.15) is 10.8 Å². The first kappa shape index (κ1) is 14.3. The highest BCUT2D eigenvalue weighted by Crippen LogP contribution is 2.38. The maximum Gasteiger partial charge on any atom is 0.306 e. The van der Waals surface area contributed by atoms with E-state index in [1.807, 2.05) is 20.8 Å². The monoisotopic (exact) mass is 283 g/mol. The summed E-state index contributed by atoms with van der Waals surface area (Å²) in [6, 6.07) is 1.75. The third kappa shape index (κ3) is 3.45. The van der Waals surface area contributed by atoms with Crippen LogP contribution < -0.4 is 0 Å². The number of fused-ring (bicyclic) bond motifs is 1. The van der Waals surface area contributed by atoms with Gasteiger partial charge in [0.25, 0.3) is 0 Å². The SMILES string of the molecule is CC(C)(C)OC(=O)C[C@H]1Cc2cc(Cl)ncc2[C@H]1O. The molecule has 0 saturated heterocycles. The van der Waals surface area contributed by atoms with Gasteiger partial charge in [0.2, 0.25) is 0 Å². The number of hydrogen-bond donors (Lipinski definition) is 1. The van der Waals surface area contributed by atoms with E-state index in [-0.39, 0.29) is 18.3 Å². The van der Waals surface area contributed by atoms with E-state index < -0.39 is 11.7 Å². The molecule has 1 heterocycles. The van der Waals surface area contributed by atoms with E-state index in [9.17, 15) is 9.90 Å². The summed E-state index contributed by atoms with van der Waals surface area (Å²) in [5.74, 6) is -0.450. The summed E-state index contributed by atoms with van der Waals surface area (Å²) in [5.41, 5.74) is 1.22. The molecular weight excluding hydrogens is 266 g/mol. The Hall–Kier alpha value is -1.13. The molecule has 0 radical (unpaired) electrons. The van der Waals surface area contributed by atoms with Gasteiger partial charge in [-0.1, -0.05) is 11.6 Å². The van der Waals surface area contributed by atoms with Crippen molar-refractivity contribution >= 4 is 17.6 Å². The van der Waals surface area contributed by atoms with Crippen LogP contribution in [-0.2, 0) is 16.0 Å². The van der Waals surface area contributed by atoms with Gasteiger partial charge in [0, 0.05) is 17.7 Å². The molecular formula is C14H18ClNO3. The van der Waals surface area contributed by atoms with Crippen molar-refractivity contribution in [2.75, 3.05) is 0 Å². The molecule has 104 valence electrons. The zero-order valence-corrected chi connectivity index (χ0v) is 12.1. The summed E-state index contributed by atoms with van der Waals surface area (Å²) in [4.78, 5) is 15.8. The molecule has 5 heteroatoms. The Bertz CT molecular complexity index is 496. The van der Waals surface area contributed by atoms with Crippen molar-refractivity contribution in [2.45, 2.75) is 45.3 Å². The van der Waals surface area contributed by atoms with E-state index in [1.165, 1.54) is 0 Å². The van der Waals surface area contributed by atoms with E-state index in [1.54, 1.807) is 12.3 Å². The molecule has 1 aromatic heterocycles. The van der Waals surface area contributed by atoms with E-state index in [0.29, 0.717) is 11.6 Å². The average Bonchev–Trinajstić information content (AvgIpc) is 2.52. The van der Waals surface area contributed by atoms with Crippen LogP contribution in [0.15, 0.2) is 12.3 Å². The molecule has 0 spiro atoms. The predicted octanol–water partition coefficient (Wildman–Crippen LogP) is 2.67. The molecule has 1 aliphatic carbocycles. The lowest BCUT2D eigenvalue weighted by molar-refractivity contribution is -0.156. The first-order valence-corrected chi connectivity index (χ1v) is 6.68. The van der Waals surface area contributed by atoms with Crippen molar-refractivity contribution in [3.63, 3.8) is 0 Å². The topological polar surface area (TPSA) is 59.4 Å². The highest BCUT2D eigenvalue weighted by Gasteiger charge is 2.34. The van der Waals surface area contributed by atoms with Gasteiger partial charge in [-0.15, -0.1) is 0 Å². The molecule has 0 saturated carbocycles. The number of rotatable bonds is 2.